The molecule has 0 aliphatic heterocycles. The number of nitrogens with one attached hydrogen (secondary N) is 1. The third-order valence-corrected chi connectivity index (χ3v) is 4.56. The summed E-state index contributed by atoms with van der Waals surface area (Å²) in [5, 5.41) is 13.2. The lowest BCUT2D eigenvalue weighted by Gasteiger charge is -2.27. The molecule has 1 aliphatic rings. The van der Waals surface area contributed by atoms with E-state index in [4.69, 9.17) is 0 Å². The van der Waals surface area contributed by atoms with Gasteiger partial charge in [0.25, 0.3) is 0 Å². The van der Waals surface area contributed by atoms with Crippen molar-refractivity contribution in [2.45, 2.75) is 57.5 Å². The van der Waals surface area contributed by atoms with E-state index in [9.17, 15) is 5.11 Å². The van der Waals surface area contributed by atoms with Gasteiger partial charge in [0.15, 0.2) is 0 Å². The summed E-state index contributed by atoms with van der Waals surface area (Å²) in [6.45, 7) is 1.08. The molecule has 2 nitrogen and oxygen atoms in total. The second-order valence-electron chi connectivity index (χ2n) is 6.18. The quantitative estimate of drug-likeness (QED) is 0.748. The zero-order valence-electron chi connectivity index (χ0n) is 12.8. The number of benzene rings is 1. The van der Waals surface area contributed by atoms with Crippen LogP contribution in [-0.4, -0.2) is 24.8 Å². The molecule has 0 spiro atoms. The molecule has 0 aromatic heterocycles. The summed E-state index contributed by atoms with van der Waals surface area (Å²) in [5.74, 6) is 0.525. The summed E-state index contributed by atoms with van der Waals surface area (Å²) in [6.07, 6.45) is 9.27. The zero-order chi connectivity index (χ0) is 14.2. The van der Waals surface area contributed by atoms with Gasteiger partial charge in [-0.3, -0.25) is 0 Å². The molecule has 1 aromatic carbocycles. The Morgan fingerprint density at radius 1 is 1.15 bits per heavy atom. The van der Waals surface area contributed by atoms with Gasteiger partial charge in [0.2, 0.25) is 0 Å². The van der Waals surface area contributed by atoms with E-state index in [-0.39, 0.29) is 6.10 Å². The fourth-order valence-electron chi connectivity index (χ4n) is 3.29. The second-order valence-corrected chi connectivity index (χ2v) is 6.18. The van der Waals surface area contributed by atoms with Gasteiger partial charge >= 0.3 is 0 Å². The zero-order valence-corrected chi connectivity index (χ0v) is 12.8. The largest absolute Gasteiger partial charge is 0.393 e. The first-order chi connectivity index (χ1) is 9.79. The summed E-state index contributed by atoms with van der Waals surface area (Å²) < 4.78 is 0. The van der Waals surface area contributed by atoms with Crippen LogP contribution in [0.4, 0.5) is 0 Å². The van der Waals surface area contributed by atoms with Crippen molar-refractivity contribution in [1.82, 2.24) is 5.32 Å². The van der Waals surface area contributed by atoms with E-state index >= 15 is 0 Å². The minimum absolute atomic E-state index is 0.0532. The lowest BCUT2D eigenvalue weighted by atomic mass is 9.83. The Kier molecular flexibility index (Phi) is 6.55. The first kappa shape index (κ1) is 15.5. The van der Waals surface area contributed by atoms with Crippen LogP contribution in [0.1, 0.15) is 49.7 Å². The summed E-state index contributed by atoms with van der Waals surface area (Å²) in [4.78, 5) is 0. The van der Waals surface area contributed by atoms with Crippen molar-refractivity contribution in [2.24, 2.45) is 5.92 Å². The molecule has 20 heavy (non-hydrogen) atoms. The third-order valence-electron chi connectivity index (χ3n) is 4.56. The maximum Gasteiger partial charge on any atom is 0.0568 e. The van der Waals surface area contributed by atoms with Gasteiger partial charge in [-0.25, -0.2) is 0 Å². The van der Waals surface area contributed by atoms with Crippen LogP contribution in [0, 0.1) is 5.92 Å². The fourth-order valence-corrected chi connectivity index (χ4v) is 3.29. The van der Waals surface area contributed by atoms with E-state index in [1.165, 1.54) is 36.8 Å². The summed E-state index contributed by atoms with van der Waals surface area (Å²) >= 11 is 0. The average molecular weight is 275 g/mol. The Morgan fingerprint density at radius 2 is 1.90 bits per heavy atom. The van der Waals surface area contributed by atoms with Crippen LogP contribution < -0.4 is 5.32 Å². The van der Waals surface area contributed by atoms with Crippen LogP contribution in [0.3, 0.4) is 0 Å². The molecule has 0 radical (unpaired) electrons. The molecule has 2 atom stereocenters. The minimum Gasteiger partial charge on any atom is -0.393 e. The number of aryl methyl sites for hydroxylation is 2. The monoisotopic (exact) mass is 275 g/mol. The van der Waals surface area contributed by atoms with Gasteiger partial charge in [-0.2, -0.15) is 0 Å². The number of rotatable bonds is 7. The molecule has 0 saturated heterocycles. The molecule has 2 unspecified atom stereocenters. The van der Waals surface area contributed by atoms with Gasteiger partial charge in [0.05, 0.1) is 6.10 Å². The molecule has 2 heteroatoms. The van der Waals surface area contributed by atoms with Crippen molar-refractivity contribution in [1.29, 1.82) is 0 Å². The molecule has 1 saturated carbocycles. The molecule has 112 valence electrons. The molecule has 1 fully saturated rings. The number of aliphatic hydroxyl groups is 1. The molecular formula is C18H29NO. The van der Waals surface area contributed by atoms with Crippen LogP contribution in [0.2, 0.25) is 0 Å². The Morgan fingerprint density at radius 3 is 2.65 bits per heavy atom. The van der Waals surface area contributed by atoms with Crippen molar-refractivity contribution >= 4 is 0 Å². The molecule has 2 N–H and O–H groups in total. The van der Waals surface area contributed by atoms with Gasteiger partial charge < -0.3 is 10.4 Å². The summed E-state index contributed by atoms with van der Waals surface area (Å²) in [6, 6.07) is 9.00. The maximum atomic E-state index is 10.0. The van der Waals surface area contributed by atoms with Crippen LogP contribution >= 0.6 is 0 Å². The highest BCUT2D eigenvalue weighted by Crippen LogP contribution is 2.28. The van der Waals surface area contributed by atoms with Crippen LogP contribution in [-0.2, 0) is 12.8 Å². The lowest BCUT2D eigenvalue weighted by Crippen LogP contribution is -2.24. The van der Waals surface area contributed by atoms with Crippen molar-refractivity contribution in [3.05, 3.63) is 35.4 Å². The summed E-state index contributed by atoms with van der Waals surface area (Å²) in [7, 11) is 2.01. The average Bonchev–Trinajstić information content (AvgIpc) is 2.47. The molecule has 0 bridgehead atoms. The molecule has 1 aromatic rings. The third kappa shape index (κ3) is 4.92. The highest BCUT2D eigenvalue weighted by atomic mass is 16.3. The number of hydrogen-bond acceptors (Lipinski definition) is 2. The highest BCUT2D eigenvalue weighted by Gasteiger charge is 2.22. The molecule has 0 heterocycles. The van der Waals surface area contributed by atoms with Crippen molar-refractivity contribution in [2.75, 3.05) is 13.6 Å². The predicted octanol–water partition coefficient (Wildman–Crippen LogP) is 3.32. The SMILES string of the molecule is CNCCCc1cccc(CCC2CCCCC2O)c1. The topological polar surface area (TPSA) is 32.3 Å². The van der Waals surface area contributed by atoms with E-state index in [2.05, 4.69) is 29.6 Å². The highest BCUT2D eigenvalue weighted by molar-refractivity contribution is 5.23. The molecule has 2 rings (SSSR count). The van der Waals surface area contributed by atoms with E-state index < -0.39 is 0 Å². The van der Waals surface area contributed by atoms with E-state index in [1.807, 2.05) is 7.05 Å². The minimum atomic E-state index is -0.0532. The van der Waals surface area contributed by atoms with Gasteiger partial charge in [-0.1, -0.05) is 37.1 Å². The first-order valence-corrected chi connectivity index (χ1v) is 8.20. The summed E-state index contributed by atoms with van der Waals surface area (Å²) in [5.41, 5.74) is 2.88. The van der Waals surface area contributed by atoms with E-state index in [0.29, 0.717) is 5.92 Å². The van der Waals surface area contributed by atoms with E-state index in [0.717, 1.165) is 32.2 Å². The normalized spacial score (nSPS) is 22.9. The van der Waals surface area contributed by atoms with Gasteiger partial charge in [0, 0.05) is 0 Å². The number of hydrogen-bond donors (Lipinski definition) is 2. The second kappa shape index (κ2) is 8.43. The standard InChI is InChI=1S/C18H29NO/c1-19-13-5-8-15-6-4-7-16(14-15)11-12-17-9-2-3-10-18(17)20/h4,6-7,14,17-20H,2-3,5,8-13H2,1H3. The van der Waals surface area contributed by atoms with Crippen LogP contribution in [0.25, 0.3) is 0 Å². The Bertz CT molecular complexity index is 391. The Balaban J connectivity index is 1.81. The molecule has 1 aliphatic carbocycles. The van der Waals surface area contributed by atoms with Crippen LogP contribution in [0.15, 0.2) is 24.3 Å². The van der Waals surface area contributed by atoms with Crippen molar-refractivity contribution < 1.29 is 5.11 Å². The van der Waals surface area contributed by atoms with Crippen molar-refractivity contribution in [3.63, 3.8) is 0 Å². The smallest absolute Gasteiger partial charge is 0.0568 e. The maximum absolute atomic E-state index is 10.0. The lowest BCUT2D eigenvalue weighted by molar-refractivity contribution is 0.0655. The van der Waals surface area contributed by atoms with Gasteiger partial charge in [-0.15, -0.1) is 0 Å². The van der Waals surface area contributed by atoms with Gasteiger partial charge in [-0.05, 0) is 69.2 Å². The van der Waals surface area contributed by atoms with Gasteiger partial charge in [0.1, 0.15) is 0 Å². The molecular weight excluding hydrogens is 246 g/mol. The Labute approximate surface area is 123 Å². The van der Waals surface area contributed by atoms with Crippen molar-refractivity contribution in [3.8, 4) is 0 Å². The Hall–Kier alpha value is -0.860. The first-order valence-electron chi connectivity index (χ1n) is 8.20. The predicted molar refractivity (Wildman–Crippen MR) is 85.0 cm³/mol. The van der Waals surface area contributed by atoms with E-state index in [1.54, 1.807) is 0 Å². The number of aliphatic hydroxyl groups excluding tert-OH is 1. The fraction of sp³-hybridized carbons (Fsp3) is 0.667. The van der Waals surface area contributed by atoms with Crippen LogP contribution in [0.5, 0.6) is 0 Å². The molecule has 0 amide bonds.